The number of hydrogen-bond acceptors (Lipinski definition) is 8. The summed E-state index contributed by atoms with van der Waals surface area (Å²) >= 11 is 0. The first-order valence-electron chi connectivity index (χ1n) is 13.9. The maximum absolute atomic E-state index is 13.6. The first kappa shape index (κ1) is 27.7. The fourth-order valence-electron chi connectivity index (χ4n) is 5.11. The molecule has 0 aliphatic carbocycles. The number of nitrogens with one attached hydrogen (secondary N) is 2. The number of benzene rings is 2. The molecule has 2 atom stereocenters. The molecule has 2 aromatic carbocycles. The van der Waals surface area contributed by atoms with Crippen molar-refractivity contribution in [3.63, 3.8) is 0 Å². The molecule has 5 heterocycles. The van der Waals surface area contributed by atoms with Gasteiger partial charge in [0.05, 0.1) is 17.2 Å². The maximum Gasteiger partial charge on any atom is 0.258 e. The molecule has 2 aromatic heterocycles. The number of amides is 3. The Morgan fingerprint density at radius 2 is 1.77 bits per heavy atom. The van der Waals surface area contributed by atoms with Crippen LogP contribution in [0.25, 0.3) is 11.1 Å². The first-order valence-corrected chi connectivity index (χ1v) is 13.9. The average molecular weight is 579 g/mol. The molecule has 218 valence electrons. The topological polar surface area (TPSA) is 149 Å². The van der Waals surface area contributed by atoms with Gasteiger partial charge in [0.2, 0.25) is 0 Å². The van der Waals surface area contributed by atoms with Crippen LogP contribution in [0, 0.1) is 0 Å². The SMILES string of the molecule is Nc1ccc(C(=O)N2CC[C@@H]3Oc4ccc(cc4)CNC(=O)COc4cccc(c4)-c4cncc(c4)C(=O)N[C@@H]3C2)cn1. The second-order valence-electron chi connectivity index (χ2n) is 10.4. The fraction of sp³-hybridized carbons (Fsp3) is 0.219. The molecule has 4 aromatic rings. The summed E-state index contributed by atoms with van der Waals surface area (Å²) in [5.41, 5.74) is 8.85. The molecule has 1 fully saturated rings. The van der Waals surface area contributed by atoms with Gasteiger partial charge in [-0.25, -0.2) is 4.98 Å². The van der Waals surface area contributed by atoms with Gasteiger partial charge in [-0.1, -0.05) is 24.3 Å². The Bertz CT molecular complexity index is 1640. The largest absolute Gasteiger partial charge is 0.488 e. The lowest BCUT2D eigenvalue weighted by Gasteiger charge is -2.39. The van der Waals surface area contributed by atoms with Gasteiger partial charge < -0.3 is 30.7 Å². The van der Waals surface area contributed by atoms with E-state index in [1.54, 1.807) is 41.4 Å². The van der Waals surface area contributed by atoms with Crippen molar-refractivity contribution in [3.8, 4) is 22.6 Å². The number of carbonyl (C=O) groups excluding carboxylic acids is 3. The van der Waals surface area contributed by atoms with Gasteiger partial charge in [-0.3, -0.25) is 19.4 Å². The van der Waals surface area contributed by atoms with Crippen molar-refractivity contribution < 1.29 is 23.9 Å². The molecule has 11 nitrogen and oxygen atoms in total. The number of carbonyl (C=O) groups is 3. The van der Waals surface area contributed by atoms with Crippen LogP contribution >= 0.6 is 0 Å². The van der Waals surface area contributed by atoms with E-state index in [9.17, 15) is 14.4 Å². The summed E-state index contributed by atoms with van der Waals surface area (Å²) in [6.45, 7) is 0.860. The van der Waals surface area contributed by atoms with Crippen molar-refractivity contribution in [3.05, 3.63) is 102 Å². The van der Waals surface area contributed by atoms with Crippen LogP contribution in [0.1, 0.15) is 32.7 Å². The molecule has 3 amide bonds. The van der Waals surface area contributed by atoms with Crippen LogP contribution in [-0.2, 0) is 11.3 Å². The number of likely N-dealkylation sites (tertiary alicyclic amines) is 1. The highest BCUT2D eigenvalue weighted by Gasteiger charge is 2.35. The molecule has 4 N–H and O–H groups in total. The number of nitrogens with zero attached hydrogens (tertiary/aromatic N) is 3. The molecule has 0 unspecified atom stereocenters. The molecule has 1 saturated heterocycles. The zero-order valence-electron chi connectivity index (χ0n) is 23.2. The lowest BCUT2D eigenvalue weighted by Crippen LogP contribution is -2.58. The van der Waals surface area contributed by atoms with E-state index >= 15 is 0 Å². The normalized spacial score (nSPS) is 18.7. The summed E-state index contributed by atoms with van der Waals surface area (Å²) in [7, 11) is 0. The fourth-order valence-corrected chi connectivity index (χ4v) is 5.11. The number of piperidine rings is 1. The van der Waals surface area contributed by atoms with Crippen LogP contribution in [0.5, 0.6) is 11.5 Å². The third-order valence-electron chi connectivity index (χ3n) is 7.42. The molecular formula is C32H30N6O5. The summed E-state index contributed by atoms with van der Waals surface area (Å²) < 4.78 is 12.1. The minimum atomic E-state index is -0.517. The minimum absolute atomic E-state index is 0.136. The number of ether oxygens (including phenoxy) is 2. The standard InChI is InChI=1S/C32H30N6O5/c33-29-9-6-22(17-35-29)32(41)38-11-10-28-27(18-38)37-31(40)24-12-23(15-34-16-24)21-2-1-3-26(13-21)42-19-30(39)36-14-20-4-7-25(43-28)8-5-20/h1-9,12-13,15-17,27-28H,10-11,14,18-19H2,(H2,33,35)(H,36,39)(H,37,40)/t27-,28+/m1/s1. The lowest BCUT2D eigenvalue weighted by molar-refractivity contribution is -0.123. The minimum Gasteiger partial charge on any atom is -0.488 e. The van der Waals surface area contributed by atoms with Crippen LogP contribution in [0.15, 0.2) is 85.3 Å². The Hall–Kier alpha value is -5.45. The number of rotatable bonds is 1. The van der Waals surface area contributed by atoms with Crippen LogP contribution in [0.3, 0.4) is 0 Å². The Morgan fingerprint density at radius 3 is 2.58 bits per heavy atom. The van der Waals surface area contributed by atoms with Gasteiger partial charge in [0.1, 0.15) is 23.4 Å². The van der Waals surface area contributed by atoms with Crippen molar-refractivity contribution in [2.45, 2.75) is 25.1 Å². The monoisotopic (exact) mass is 578 g/mol. The van der Waals surface area contributed by atoms with E-state index in [4.69, 9.17) is 15.2 Å². The molecule has 6 bridgehead atoms. The van der Waals surface area contributed by atoms with E-state index < -0.39 is 12.1 Å². The zero-order chi connectivity index (χ0) is 29.8. The number of hydrogen-bond donors (Lipinski definition) is 3. The highest BCUT2D eigenvalue weighted by atomic mass is 16.5. The zero-order valence-corrected chi connectivity index (χ0v) is 23.2. The van der Waals surface area contributed by atoms with Crippen LogP contribution in [0.4, 0.5) is 5.82 Å². The summed E-state index contributed by atoms with van der Waals surface area (Å²) in [5.74, 6) is 0.661. The maximum atomic E-state index is 13.6. The van der Waals surface area contributed by atoms with Gasteiger partial charge in [-0.05, 0) is 53.6 Å². The third-order valence-corrected chi connectivity index (χ3v) is 7.42. The number of anilines is 1. The number of fused-ring (bicyclic) bond motifs is 7. The molecule has 0 saturated carbocycles. The van der Waals surface area contributed by atoms with Gasteiger partial charge in [-0.2, -0.15) is 0 Å². The number of pyridine rings is 2. The molecule has 11 heteroatoms. The van der Waals surface area contributed by atoms with E-state index in [0.29, 0.717) is 53.5 Å². The van der Waals surface area contributed by atoms with Gasteiger partial charge in [0.15, 0.2) is 6.61 Å². The van der Waals surface area contributed by atoms with Crippen molar-refractivity contribution in [2.24, 2.45) is 0 Å². The van der Waals surface area contributed by atoms with Crippen molar-refractivity contribution >= 4 is 23.5 Å². The van der Waals surface area contributed by atoms with Gasteiger partial charge in [0, 0.05) is 50.2 Å². The Kier molecular flexibility index (Phi) is 7.86. The van der Waals surface area contributed by atoms with E-state index in [1.165, 1.54) is 12.4 Å². The molecule has 3 aliphatic heterocycles. The van der Waals surface area contributed by atoms with Gasteiger partial charge in [-0.15, -0.1) is 0 Å². The molecule has 7 rings (SSSR count). The number of aromatic nitrogens is 2. The molecule has 0 radical (unpaired) electrons. The summed E-state index contributed by atoms with van der Waals surface area (Å²) in [6.07, 6.45) is 4.69. The Labute approximate surface area is 248 Å². The van der Waals surface area contributed by atoms with Crippen molar-refractivity contribution in [2.75, 3.05) is 25.4 Å². The highest BCUT2D eigenvalue weighted by molar-refractivity contribution is 5.96. The molecular weight excluding hydrogens is 548 g/mol. The smallest absolute Gasteiger partial charge is 0.258 e. The van der Waals surface area contributed by atoms with E-state index in [2.05, 4.69) is 20.6 Å². The van der Waals surface area contributed by atoms with Crippen LogP contribution in [-0.4, -0.2) is 64.4 Å². The van der Waals surface area contributed by atoms with E-state index in [-0.39, 0.29) is 30.9 Å². The van der Waals surface area contributed by atoms with Crippen molar-refractivity contribution in [1.82, 2.24) is 25.5 Å². The Morgan fingerprint density at radius 1 is 0.930 bits per heavy atom. The van der Waals surface area contributed by atoms with E-state index in [1.807, 2.05) is 36.4 Å². The highest BCUT2D eigenvalue weighted by Crippen LogP contribution is 2.25. The van der Waals surface area contributed by atoms with E-state index in [0.717, 1.165) is 11.1 Å². The van der Waals surface area contributed by atoms with Crippen molar-refractivity contribution in [1.29, 1.82) is 0 Å². The molecule has 3 aliphatic rings. The molecule has 0 spiro atoms. The lowest BCUT2D eigenvalue weighted by atomic mass is 10.00. The van der Waals surface area contributed by atoms with Crippen LogP contribution in [0.2, 0.25) is 0 Å². The summed E-state index contributed by atoms with van der Waals surface area (Å²) in [4.78, 5) is 49.3. The second-order valence-corrected chi connectivity index (χ2v) is 10.4. The van der Waals surface area contributed by atoms with Gasteiger partial charge in [0.25, 0.3) is 17.7 Å². The Balaban J connectivity index is 1.30. The third kappa shape index (κ3) is 6.56. The number of nitrogen functional groups attached to an aromatic ring is 1. The average Bonchev–Trinajstić information content (AvgIpc) is 3.04. The summed E-state index contributed by atoms with van der Waals surface area (Å²) in [6, 6.07) is 19.1. The van der Waals surface area contributed by atoms with Gasteiger partial charge >= 0.3 is 0 Å². The summed E-state index contributed by atoms with van der Waals surface area (Å²) in [5, 5.41) is 5.96. The second kappa shape index (κ2) is 12.2. The number of nitrogens with two attached hydrogens (primary N) is 1. The predicted octanol–water partition coefficient (Wildman–Crippen LogP) is 2.83. The molecule has 43 heavy (non-hydrogen) atoms. The van der Waals surface area contributed by atoms with Crippen LogP contribution < -0.4 is 25.8 Å². The quantitative estimate of drug-likeness (QED) is 0.312. The predicted molar refractivity (Wildman–Crippen MR) is 158 cm³/mol. The first-order chi connectivity index (χ1) is 20.9.